The van der Waals surface area contributed by atoms with Gasteiger partial charge in [-0.25, -0.2) is 0 Å². The summed E-state index contributed by atoms with van der Waals surface area (Å²) < 4.78 is 7.91. The minimum absolute atomic E-state index is 0. The van der Waals surface area contributed by atoms with E-state index in [0.29, 0.717) is 0 Å². The SMILES string of the molecule is CCc1nncn1CCNC(=NCCCc1ccccc1)NC(C)C1CCCO1.I. The fraction of sp³-hybridized carbons (Fsp3) is 0.591. The van der Waals surface area contributed by atoms with Gasteiger partial charge in [0.15, 0.2) is 5.96 Å². The fourth-order valence-electron chi connectivity index (χ4n) is 3.61. The number of aliphatic imine (C=N–C) groups is 1. The van der Waals surface area contributed by atoms with E-state index in [4.69, 9.17) is 9.73 Å². The number of aryl methyl sites for hydroxylation is 2. The average molecular weight is 526 g/mol. The third kappa shape index (κ3) is 7.86. The molecule has 0 saturated carbocycles. The van der Waals surface area contributed by atoms with Crippen molar-refractivity contribution in [3.63, 3.8) is 0 Å². The van der Waals surface area contributed by atoms with E-state index in [0.717, 1.165) is 70.1 Å². The Bertz CT molecular complexity index is 745. The molecular weight excluding hydrogens is 491 g/mol. The monoisotopic (exact) mass is 526 g/mol. The zero-order chi connectivity index (χ0) is 20.3. The summed E-state index contributed by atoms with van der Waals surface area (Å²) in [5, 5.41) is 15.2. The molecule has 0 bridgehead atoms. The van der Waals surface area contributed by atoms with Crippen molar-refractivity contribution in [1.29, 1.82) is 0 Å². The van der Waals surface area contributed by atoms with Crippen LogP contribution >= 0.6 is 24.0 Å². The van der Waals surface area contributed by atoms with E-state index in [1.54, 1.807) is 6.33 Å². The third-order valence-corrected chi connectivity index (χ3v) is 5.28. The van der Waals surface area contributed by atoms with Crippen molar-refractivity contribution in [3.05, 3.63) is 48.0 Å². The lowest BCUT2D eigenvalue weighted by Crippen LogP contribution is -2.47. The minimum Gasteiger partial charge on any atom is -0.376 e. The first-order valence-corrected chi connectivity index (χ1v) is 10.8. The second-order valence-electron chi connectivity index (χ2n) is 7.52. The van der Waals surface area contributed by atoms with E-state index in [-0.39, 0.29) is 36.1 Å². The molecule has 2 N–H and O–H groups in total. The van der Waals surface area contributed by atoms with Crippen molar-refractivity contribution in [2.24, 2.45) is 4.99 Å². The summed E-state index contributed by atoms with van der Waals surface area (Å²) in [6.45, 7) is 7.50. The fourth-order valence-corrected chi connectivity index (χ4v) is 3.61. The molecule has 3 rings (SSSR count). The van der Waals surface area contributed by atoms with Crippen LogP contribution < -0.4 is 10.6 Å². The molecular formula is C22H35IN6O. The molecule has 2 unspecified atom stereocenters. The Morgan fingerprint density at radius 3 is 2.90 bits per heavy atom. The average Bonchev–Trinajstić information content (AvgIpc) is 3.43. The maximum atomic E-state index is 5.83. The standard InChI is InChI=1S/C22H34N6O.HI/c1-3-21-27-25-17-28(21)15-14-24-22(26-18(2)20-12-8-16-29-20)23-13-7-11-19-9-5-4-6-10-19;/h4-6,9-10,17-18,20H,3,7-8,11-16H2,1-2H3,(H2,23,24,26);1H. The molecule has 0 aliphatic carbocycles. The second kappa shape index (κ2) is 13.6. The summed E-state index contributed by atoms with van der Waals surface area (Å²) in [4.78, 5) is 4.81. The molecule has 1 aliphatic heterocycles. The summed E-state index contributed by atoms with van der Waals surface area (Å²) >= 11 is 0. The van der Waals surface area contributed by atoms with Gasteiger partial charge in [0, 0.05) is 32.7 Å². The van der Waals surface area contributed by atoms with Gasteiger partial charge in [-0.1, -0.05) is 37.3 Å². The minimum atomic E-state index is 0. The first-order chi connectivity index (χ1) is 14.3. The summed E-state index contributed by atoms with van der Waals surface area (Å²) in [5.41, 5.74) is 1.36. The van der Waals surface area contributed by atoms with E-state index in [9.17, 15) is 0 Å². The molecule has 0 radical (unpaired) electrons. The second-order valence-corrected chi connectivity index (χ2v) is 7.52. The maximum Gasteiger partial charge on any atom is 0.191 e. The van der Waals surface area contributed by atoms with Crippen LogP contribution in [0.1, 0.15) is 44.5 Å². The summed E-state index contributed by atoms with van der Waals surface area (Å²) in [6, 6.07) is 10.8. The molecule has 8 heteroatoms. The first-order valence-electron chi connectivity index (χ1n) is 10.8. The Labute approximate surface area is 197 Å². The van der Waals surface area contributed by atoms with Crippen molar-refractivity contribution < 1.29 is 4.74 Å². The Morgan fingerprint density at radius 2 is 2.17 bits per heavy atom. The Morgan fingerprint density at radius 1 is 1.33 bits per heavy atom. The molecule has 1 saturated heterocycles. The number of hydrogen-bond donors (Lipinski definition) is 2. The van der Waals surface area contributed by atoms with Crippen LogP contribution in [-0.2, 0) is 24.1 Å². The molecule has 2 heterocycles. The zero-order valence-electron chi connectivity index (χ0n) is 18.1. The van der Waals surface area contributed by atoms with E-state index >= 15 is 0 Å². The molecule has 1 aliphatic rings. The zero-order valence-corrected chi connectivity index (χ0v) is 20.4. The van der Waals surface area contributed by atoms with Gasteiger partial charge in [-0.3, -0.25) is 4.99 Å². The van der Waals surface area contributed by atoms with E-state index in [1.807, 2.05) is 0 Å². The van der Waals surface area contributed by atoms with Crippen LogP contribution in [0.5, 0.6) is 0 Å². The Balaban J connectivity index is 0.00000320. The van der Waals surface area contributed by atoms with E-state index < -0.39 is 0 Å². The van der Waals surface area contributed by atoms with Gasteiger partial charge < -0.3 is 19.9 Å². The lowest BCUT2D eigenvalue weighted by atomic mass is 10.1. The quantitative estimate of drug-likeness (QED) is 0.215. The van der Waals surface area contributed by atoms with Crippen molar-refractivity contribution in [2.45, 2.75) is 64.6 Å². The highest BCUT2D eigenvalue weighted by Gasteiger charge is 2.23. The van der Waals surface area contributed by atoms with Gasteiger partial charge in [0.2, 0.25) is 0 Å². The van der Waals surface area contributed by atoms with Gasteiger partial charge >= 0.3 is 0 Å². The highest BCUT2D eigenvalue weighted by Crippen LogP contribution is 2.15. The van der Waals surface area contributed by atoms with Crippen LogP contribution in [0.15, 0.2) is 41.7 Å². The highest BCUT2D eigenvalue weighted by molar-refractivity contribution is 14.0. The van der Waals surface area contributed by atoms with Gasteiger partial charge in [0.1, 0.15) is 12.2 Å². The smallest absolute Gasteiger partial charge is 0.191 e. The van der Waals surface area contributed by atoms with Crippen molar-refractivity contribution in [1.82, 2.24) is 25.4 Å². The largest absolute Gasteiger partial charge is 0.376 e. The normalized spacial score (nSPS) is 17.4. The van der Waals surface area contributed by atoms with Gasteiger partial charge in [-0.2, -0.15) is 0 Å². The topological polar surface area (TPSA) is 76.4 Å². The van der Waals surface area contributed by atoms with Crippen molar-refractivity contribution in [3.8, 4) is 0 Å². The lowest BCUT2D eigenvalue weighted by Gasteiger charge is -2.23. The molecule has 1 aromatic carbocycles. The van der Waals surface area contributed by atoms with Crippen LogP contribution in [0.25, 0.3) is 0 Å². The first kappa shape index (κ1) is 24.6. The van der Waals surface area contributed by atoms with Gasteiger partial charge in [-0.15, -0.1) is 34.2 Å². The molecule has 2 aromatic rings. The number of halogens is 1. The van der Waals surface area contributed by atoms with Gasteiger partial charge in [0.25, 0.3) is 0 Å². The molecule has 1 aromatic heterocycles. The lowest BCUT2D eigenvalue weighted by molar-refractivity contribution is 0.0890. The van der Waals surface area contributed by atoms with Crippen LogP contribution in [-0.4, -0.2) is 52.6 Å². The van der Waals surface area contributed by atoms with Crippen LogP contribution in [0.2, 0.25) is 0 Å². The van der Waals surface area contributed by atoms with Gasteiger partial charge in [0.05, 0.1) is 12.1 Å². The van der Waals surface area contributed by atoms with Gasteiger partial charge in [-0.05, 0) is 38.2 Å². The predicted octanol–water partition coefficient (Wildman–Crippen LogP) is 3.19. The summed E-state index contributed by atoms with van der Waals surface area (Å²) in [5.74, 6) is 1.86. The third-order valence-electron chi connectivity index (χ3n) is 5.28. The molecule has 0 spiro atoms. The maximum absolute atomic E-state index is 5.83. The summed E-state index contributed by atoms with van der Waals surface area (Å²) in [6.07, 6.45) is 7.25. The molecule has 30 heavy (non-hydrogen) atoms. The molecule has 1 fully saturated rings. The van der Waals surface area contributed by atoms with Crippen LogP contribution in [0.4, 0.5) is 0 Å². The van der Waals surface area contributed by atoms with E-state index in [1.165, 1.54) is 5.56 Å². The number of rotatable bonds is 10. The predicted molar refractivity (Wildman–Crippen MR) is 131 cm³/mol. The highest BCUT2D eigenvalue weighted by atomic mass is 127. The molecule has 166 valence electrons. The van der Waals surface area contributed by atoms with Crippen molar-refractivity contribution >= 4 is 29.9 Å². The number of benzene rings is 1. The number of nitrogens with one attached hydrogen (secondary N) is 2. The number of guanidine groups is 1. The number of hydrogen-bond acceptors (Lipinski definition) is 4. The number of ether oxygens (including phenoxy) is 1. The molecule has 0 amide bonds. The number of aromatic nitrogens is 3. The van der Waals surface area contributed by atoms with Crippen LogP contribution in [0.3, 0.4) is 0 Å². The molecule has 2 atom stereocenters. The Kier molecular flexibility index (Phi) is 11.1. The summed E-state index contributed by atoms with van der Waals surface area (Å²) in [7, 11) is 0. The molecule has 7 nitrogen and oxygen atoms in total. The number of nitrogens with zero attached hydrogens (tertiary/aromatic N) is 4. The Hall–Kier alpha value is -1.68. The van der Waals surface area contributed by atoms with Crippen molar-refractivity contribution in [2.75, 3.05) is 19.7 Å². The van der Waals surface area contributed by atoms with E-state index in [2.05, 4.69) is 69.6 Å². The van der Waals surface area contributed by atoms with Crippen LogP contribution in [0, 0.1) is 0 Å².